The Morgan fingerprint density at radius 3 is 2.29 bits per heavy atom. The van der Waals surface area contributed by atoms with Gasteiger partial charge in [0.15, 0.2) is 5.78 Å². The van der Waals surface area contributed by atoms with Crippen LogP contribution in [0.1, 0.15) is 39.5 Å². The van der Waals surface area contributed by atoms with E-state index in [9.17, 15) is 50.3 Å². The van der Waals surface area contributed by atoms with Crippen LogP contribution in [0.4, 0.5) is 26.3 Å². The molecular weight excluding hydrogens is 530 g/mol. The van der Waals surface area contributed by atoms with E-state index < -0.39 is 77.4 Å². The Morgan fingerprint density at radius 2 is 1.79 bits per heavy atom. The highest BCUT2D eigenvalue weighted by molar-refractivity contribution is 6.35. The summed E-state index contributed by atoms with van der Waals surface area (Å²) in [6.07, 6.45) is -9.68. The number of carbonyl (C=O) groups excluding carboxylic acids is 5. The van der Waals surface area contributed by atoms with Crippen molar-refractivity contribution >= 4 is 29.4 Å². The molecule has 2 saturated heterocycles. The topological polar surface area (TPSA) is 148 Å². The van der Waals surface area contributed by atoms with Gasteiger partial charge >= 0.3 is 24.4 Å². The van der Waals surface area contributed by atoms with Crippen LogP contribution in [-0.4, -0.2) is 78.1 Å². The van der Waals surface area contributed by atoms with Gasteiger partial charge in [-0.15, -0.1) is 13.2 Å². The maximum Gasteiger partial charge on any atom is 0.522 e. The summed E-state index contributed by atoms with van der Waals surface area (Å²) >= 11 is 0. The number of halogens is 6. The number of alkyl halides is 6. The largest absolute Gasteiger partial charge is 0.522 e. The first-order chi connectivity index (χ1) is 17.3. The van der Waals surface area contributed by atoms with E-state index in [0.717, 1.165) is 4.90 Å². The van der Waals surface area contributed by atoms with E-state index in [0.29, 0.717) is 26.8 Å². The number of nitrogens with two attached hydrogens (primary N) is 1. The van der Waals surface area contributed by atoms with Crippen LogP contribution in [0.25, 0.3) is 0 Å². The summed E-state index contributed by atoms with van der Waals surface area (Å²) in [5.74, 6) is -7.79. The minimum absolute atomic E-state index is 0.0895. The van der Waals surface area contributed by atoms with Crippen LogP contribution in [0.5, 0.6) is 0 Å². The normalized spacial score (nSPS) is 28.3. The number of carbonyl (C=O) groups is 5. The van der Waals surface area contributed by atoms with Gasteiger partial charge in [-0.1, -0.05) is 0 Å². The lowest BCUT2D eigenvalue weighted by Gasteiger charge is -2.30. The molecule has 4 N–H and O–H groups in total. The van der Waals surface area contributed by atoms with Crippen molar-refractivity contribution in [1.29, 1.82) is 0 Å². The average Bonchev–Trinajstić information content (AvgIpc) is 3.08. The molecule has 3 rings (SSSR count). The highest BCUT2D eigenvalue weighted by Gasteiger charge is 2.65. The molecule has 3 aliphatic rings. The Labute approximate surface area is 212 Å². The van der Waals surface area contributed by atoms with E-state index >= 15 is 0 Å². The number of rotatable bonds is 8. The SMILES string of the molecule is CC(C)(NC(=O)C(=O)N1CC2(CC1C(N)=O)CC2[C@H](C[C@H]1CCNC1=O)C(=O)COC(F)(F)F)C(F)(F)F. The number of primary amides is 1. The minimum atomic E-state index is -5.07. The maximum absolute atomic E-state index is 13.2. The van der Waals surface area contributed by atoms with Gasteiger partial charge in [-0.25, -0.2) is 0 Å². The van der Waals surface area contributed by atoms with Gasteiger partial charge in [-0.3, -0.25) is 28.7 Å². The van der Waals surface area contributed by atoms with Crippen molar-refractivity contribution in [2.24, 2.45) is 28.9 Å². The average molecular weight is 558 g/mol. The fourth-order valence-corrected chi connectivity index (χ4v) is 5.34. The van der Waals surface area contributed by atoms with E-state index in [2.05, 4.69) is 10.1 Å². The molecule has 1 spiro atoms. The Bertz CT molecular complexity index is 1020. The Hall–Kier alpha value is -2.91. The van der Waals surface area contributed by atoms with Crippen molar-refractivity contribution in [1.82, 2.24) is 15.5 Å². The molecule has 16 heteroatoms. The molecule has 0 aromatic heterocycles. The van der Waals surface area contributed by atoms with E-state index in [4.69, 9.17) is 5.73 Å². The van der Waals surface area contributed by atoms with Gasteiger partial charge in [0.1, 0.15) is 18.2 Å². The zero-order valence-electron chi connectivity index (χ0n) is 20.5. The highest BCUT2D eigenvalue weighted by atomic mass is 19.4. The fraction of sp³-hybridized carbons (Fsp3) is 0.773. The number of hydrogen-bond acceptors (Lipinski definition) is 6. The molecule has 2 heterocycles. The molecule has 0 radical (unpaired) electrons. The second kappa shape index (κ2) is 10.0. The van der Waals surface area contributed by atoms with E-state index in [1.54, 1.807) is 5.32 Å². The van der Waals surface area contributed by atoms with Crippen LogP contribution >= 0.6 is 0 Å². The van der Waals surface area contributed by atoms with Gasteiger partial charge in [0, 0.05) is 24.9 Å². The van der Waals surface area contributed by atoms with Crippen molar-refractivity contribution < 1.29 is 55.1 Å². The molecule has 3 fully saturated rings. The quantitative estimate of drug-likeness (QED) is 0.296. The van der Waals surface area contributed by atoms with E-state index in [-0.39, 0.29) is 31.7 Å². The molecule has 1 aliphatic carbocycles. The summed E-state index contributed by atoms with van der Waals surface area (Å²) in [6.45, 7) is -0.0135. The van der Waals surface area contributed by atoms with Crippen molar-refractivity contribution in [3.8, 4) is 0 Å². The van der Waals surface area contributed by atoms with E-state index in [1.807, 2.05) is 0 Å². The number of ketones is 1. The number of amides is 4. The van der Waals surface area contributed by atoms with Gasteiger partial charge in [-0.2, -0.15) is 13.2 Å². The maximum atomic E-state index is 13.2. The molecule has 1 saturated carbocycles. The smallest absolute Gasteiger partial charge is 0.368 e. The van der Waals surface area contributed by atoms with Crippen LogP contribution in [0.15, 0.2) is 0 Å². The molecule has 0 bridgehead atoms. The number of hydrogen-bond donors (Lipinski definition) is 3. The lowest BCUT2D eigenvalue weighted by atomic mass is 9.83. The fourth-order valence-electron chi connectivity index (χ4n) is 5.34. The monoisotopic (exact) mass is 558 g/mol. The predicted molar refractivity (Wildman–Crippen MR) is 114 cm³/mol. The van der Waals surface area contributed by atoms with Crippen LogP contribution in [0.2, 0.25) is 0 Å². The van der Waals surface area contributed by atoms with Gasteiger partial charge < -0.3 is 21.3 Å². The molecular formula is C22H28F6N4O6. The molecule has 2 aliphatic heterocycles. The summed E-state index contributed by atoms with van der Waals surface area (Å²) in [4.78, 5) is 62.9. The second-order valence-corrected chi connectivity index (χ2v) is 10.6. The van der Waals surface area contributed by atoms with Gasteiger partial charge in [0.25, 0.3) is 0 Å². The first-order valence-corrected chi connectivity index (χ1v) is 11.8. The number of Topliss-reactive ketones (excluding diaryl/α,β-unsaturated/α-hetero) is 1. The summed E-state index contributed by atoms with van der Waals surface area (Å²) in [5, 5.41) is 4.16. The standard InChI is InChI=1S/C22H28F6N4O6/c1-19(2,21(23,24)25)31-17(36)18(37)32-9-20(7-13(32)15(29)34)6-12(20)11(5-10-3-4-30-16(10)35)14(33)8-38-22(26,27)28/h10-13H,3-9H2,1-2H3,(H2,29,34)(H,30,35)(H,31,36)/t10-,11+,12?,13?,20?/m1/s1. The Kier molecular flexibility index (Phi) is 7.80. The highest BCUT2D eigenvalue weighted by Crippen LogP contribution is 2.64. The Morgan fingerprint density at radius 1 is 1.16 bits per heavy atom. The zero-order valence-corrected chi connectivity index (χ0v) is 20.5. The molecule has 4 amide bonds. The lowest BCUT2D eigenvalue weighted by molar-refractivity contribution is -0.321. The lowest BCUT2D eigenvalue weighted by Crippen LogP contribution is -2.59. The van der Waals surface area contributed by atoms with Crippen LogP contribution in [0.3, 0.4) is 0 Å². The number of nitrogens with one attached hydrogen (secondary N) is 2. The molecule has 214 valence electrons. The van der Waals surface area contributed by atoms with Crippen molar-refractivity contribution in [3.05, 3.63) is 0 Å². The molecule has 38 heavy (non-hydrogen) atoms. The molecule has 5 atom stereocenters. The molecule has 3 unspecified atom stereocenters. The molecule has 10 nitrogen and oxygen atoms in total. The number of likely N-dealkylation sites (tertiary alicyclic amines) is 1. The first-order valence-electron chi connectivity index (χ1n) is 11.8. The van der Waals surface area contributed by atoms with Crippen molar-refractivity contribution in [2.75, 3.05) is 19.7 Å². The third-order valence-electron chi connectivity index (χ3n) is 7.61. The summed E-state index contributed by atoms with van der Waals surface area (Å²) in [7, 11) is 0. The second-order valence-electron chi connectivity index (χ2n) is 10.6. The minimum Gasteiger partial charge on any atom is -0.368 e. The summed E-state index contributed by atoms with van der Waals surface area (Å²) < 4.78 is 80.9. The van der Waals surface area contributed by atoms with Crippen molar-refractivity contribution in [3.63, 3.8) is 0 Å². The Balaban J connectivity index is 1.79. The predicted octanol–water partition coefficient (Wildman–Crippen LogP) is 0.784. The summed E-state index contributed by atoms with van der Waals surface area (Å²) in [5.41, 5.74) is 1.63. The van der Waals surface area contributed by atoms with Gasteiger partial charge in [0.2, 0.25) is 11.8 Å². The van der Waals surface area contributed by atoms with Crippen LogP contribution in [-0.2, 0) is 28.7 Å². The summed E-state index contributed by atoms with van der Waals surface area (Å²) in [6, 6.07) is -1.38. The third-order valence-corrected chi connectivity index (χ3v) is 7.61. The van der Waals surface area contributed by atoms with Gasteiger partial charge in [-0.05, 0) is 50.9 Å². The molecule has 0 aromatic rings. The van der Waals surface area contributed by atoms with Crippen molar-refractivity contribution in [2.45, 2.75) is 63.7 Å². The van der Waals surface area contributed by atoms with E-state index in [1.165, 1.54) is 0 Å². The molecule has 0 aromatic carbocycles. The van der Waals surface area contributed by atoms with Crippen LogP contribution in [0, 0.1) is 23.2 Å². The number of ether oxygens (including phenoxy) is 1. The van der Waals surface area contributed by atoms with Gasteiger partial charge in [0.05, 0.1) is 0 Å². The van der Waals surface area contributed by atoms with Crippen LogP contribution < -0.4 is 16.4 Å². The number of nitrogens with zero attached hydrogens (tertiary/aromatic N) is 1. The zero-order chi connectivity index (χ0) is 28.8. The first kappa shape index (κ1) is 29.6. The third kappa shape index (κ3) is 6.21.